The second-order valence-corrected chi connectivity index (χ2v) is 5.97. The third-order valence-corrected chi connectivity index (χ3v) is 3.46. The second-order valence-electron chi connectivity index (χ2n) is 4.60. The highest BCUT2D eigenvalue weighted by atomic mass is 32.2. The van der Waals surface area contributed by atoms with Gasteiger partial charge in [0.05, 0.1) is 10.9 Å². The Labute approximate surface area is 135 Å². The fourth-order valence-electron chi connectivity index (χ4n) is 1.79. The van der Waals surface area contributed by atoms with Gasteiger partial charge in [-0.25, -0.2) is 12.8 Å². The van der Waals surface area contributed by atoms with E-state index in [0.717, 1.165) is 22.3 Å². The molecule has 0 aliphatic carbocycles. The molecule has 3 rings (SSSR count). The zero-order valence-electron chi connectivity index (χ0n) is 12.0. The average Bonchev–Trinajstić information content (AvgIpc) is 2.54. The molecule has 1 heterocycles. The van der Waals surface area contributed by atoms with Crippen molar-refractivity contribution in [3.05, 3.63) is 66.7 Å². The van der Waals surface area contributed by atoms with E-state index in [-0.39, 0.29) is 0 Å². The molecule has 0 spiro atoms. The highest BCUT2D eigenvalue weighted by Gasteiger charge is 2.36. The molecule has 0 saturated heterocycles. The van der Waals surface area contributed by atoms with E-state index in [1.54, 1.807) is 0 Å². The van der Waals surface area contributed by atoms with Gasteiger partial charge in [-0.05, 0) is 24.3 Å². The van der Waals surface area contributed by atoms with Crippen LogP contribution < -0.4 is 0 Å². The first-order valence-corrected chi connectivity index (χ1v) is 7.99. The maximum Gasteiger partial charge on any atom is 0.485 e. The first kappa shape index (κ1) is 17.9. The molecule has 0 atom stereocenters. The van der Waals surface area contributed by atoms with Crippen LogP contribution in [0.3, 0.4) is 0 Å². The summed E-state index contributed by atoms with van der Waals surface area (Å²) in [7, 11) is -6.09. The molecule has 0 aliphatic heterocycles. The van der Waals surface area contributed by atoms with Gasteiger partial charge in [-0.2, -0.15) is 13.2 Å². The van der Waals surface area contributed by atoms with Crippen molar-refractivity contribution in [2.45, 2.75) is 5.51 Å². The van der Waals surface area contributed by atoms with E-state index < -0.39 is 15.6 Å². The van der Waals surface area contributed by atoms with Crippen LogP contribution in [0.1, 0.15) is 0 Å². The number of hydrogen-bond donors (Lipinski definition) is 0. The lowest BCUT2D eigenvalue weighted by molar-refractivity contribution is -0.0517. The van der Waals surface area contributed by atoms with Crippen LogP contribution in [-0.4, -0.2) is 18.5 Å². The summed E-state index contributed by atoms with van der Waals surface area (Å²) in [5, 5.41) is 1.13. The molecule has 0 amide bonds. The smallest absolute Gasteiger partial charge is 0.485 e. The Balaban J connectivity index is 0.000000224. The number of halogens is 3. The fraction of sp³-hybridized carbons (Fsp3) is 0.0625. The van der Waals surface area contributed by atoms with Gasteiger partial charge in [0.15, 0.2) is 10.1 Å². The second kappa shape index (κ2) is 6.98. The van der Waals surface area contributed by atoms with E-state index in [1.807, 2.05) is 60.7 Å². The highest BCUT2D eigenvalue weighted by Crippen LogP contribution is 2.24. The van der Waals surface area contributed by atoms with Gasteiger partial charge in [0.2, 0.25) is 0 Å². The normalized spacial score (nSPS) is 11.7. The molecule has 1 aromatic heterocycles. The predicted molar refractivity (Wildman–Crippen MR) is 81.8 cm³/mol. The molecule has 24 heavy (non-hydrogen) atoms. The van der Waals surface area contributed by atoms with Crippen LogP contribution in [0.25, 0.3) is 22.3 Å². The molecule has 4 nitrogen and oxygen atoms in total. The van der Waals surface area contributed by atoms with Crippen LogP contribution in [0.5, 0.6) is 0 Å². The van der Waals surface area contributed by atoms with Crippen molar-refractivity contribution in [3.63, 3.8) is 0 Å². The molecule has 0 N–H and O–H groups in total. The maximum atomic E-state index is 10.7. The summed E-state index contributed by atoms with van der Waals surface area (Å²) in [4.78, 5) is 0. The van der Waals surface area contributed by atoms with Crippen LogP contribution in [0.4, 0.5) is 13.2 Å². The van der Waals surface area contributed by atoms with Crippen LogP contribution in [0.2, 0.25) is 0 Å². The molecule has 0 saturated carbocycles. The van der Waals surface area contributed by atoms with Crippen molar-refractivity contribution < 1.29 is 30.6 Å². The summed E-state index contributed by atoms with van der Waals surface area (Å²) in [5.74, 6) is 0.902. The van der Waals surface area contributed by atoms with Crippen molar-refractivity contribution >= 4 is 21.1 Å². The summed E-state index contributed by atoms with van der Waals surface area (Å²) in [6.45, 7) is 0. The van der Waals surface area contributed by atoms with E-state index in [9.17, 15) is 13.2 Å². The molecule has 0 unspecified atom stereocenters. The lowest BCUT2D eigenvalue weighted by Crippen LogP contribution is -2.21. The molecule has 0 fully saturated rings. The Morgan fingerprint density at radius 3 is 1.96 bits per heavy atom. The van der Waals surface area contributed by atoms with Gasteiger partial charge in [-0.3, -0.25) is 0 Å². The predicted octanol–water partition coefficient (Wildman–Crippen LogP) is 4.43. The number of benzene rings is 2. The molecular weight excluding hydrogens is 345 g/mol. The minimum absolute atomic E-state index is 0.902. The first-order valence-electron chi connectivity index (χ1n) is 6.58. The highest BCUT2D eigenvalue weighted by molar-refractivity contribution is 7.86. The number of fused-ring (bicyclic) bond motifs is 1. The van der Waals surface area contributed by atoms with Crippen LogP contribution in [0, 0.1) is 0 Å². The summed E-state index contributed by atoms with van der Waals surface area (Å²) < 4.78 is 64.8. The lowest BCUT2D eigenvalue weighted by atomic mass is 10.1. The summed E-state index contributed by atoms with van der Waals surface area (Å²) in [6, 6.07) is 22.3. The average molecular weight is 356 g/mol. The Morgan fingerprint density at radius 1 is 0.833 bits per heavy atom. The van der Waals surface area contributed by atoms with Gasteiger partial charge >= 0.3 is 16.9 Å². The molecule has 3 aromatic rings. The minimum atomic E-state index is -6.09. The van der Waals surface area contributed by atoms with E-state index in [4.69, 9.17) is 17.4 Å². The van der Waals surface area contributed by atoms with Gasteiger partial charge in [0.1, 0.15) is 0 Å². The van der Waals surface area contributed by atoms with Crippen molar-refractivity contribution in [1.29, 1.82) is 0 Å². The number of para-hydroxylation sites is 1. The van der Waals surface area contributed by atoms with Crippen molar-refractivity contribution in [2.24, 2.45) is 0 Å². The van der Waals surface area contributed by atoms with Crippen LogP contribution in [-0.2, 0) is 10.1 Å². The largest absolute Gasteiger partial charge is 0.741 e. The van der Waals surface area contributed by atoms with Gasteiger partial charge in [-0.15, -0.1) is 0 Å². The number of alkyl halides is 3. The summed E-state index contributed by atoms with van der Waals surface area (Å²) in [5.41, 5.74) is -3.62. The maximum absolute atomic E-state index is 10.7. The van der Waals surface area contributed by atoms with Gasteiger partial charge in [0.25, 0.3) is 0 Å². The Kier molecular flexibility index (Phi) is 5.20. The lowest BCUT2D eigenvalue weighted by Gasteiger charge is -2.08. The molecule has 0 radical (unpaired) electrons. The molecule has 126 valence electrons. The van der Waals surface area contributed by atoms with E-state index in [1.165, 1.54) is 0 Å². The van der Waals surface area contributed by atoms with Crippen molar-refractivity contribution in [3.8, 4) is 11.3 Å². The topological polar surface area (TPSA) is 68.5 Å². The van der Waals surface area contributed by atoms with E-state index >= 15 is 0 Å². The third-order valence-electron chi connectivity index (χ3n) is 2.89. The van der Waals surface area contributed by atoms with Gasteiger partial charge in [-0.1, -0.05) is 30.3 Å². The Hall–Kier alpha value is -2.45. The van der Waals surface area contributed by atoms with Gasteiger partial charge < -0.3 is 4.55 Å². The number of hydrogen-bond acceptors (Lipinski definition) is 3. The van der Waals surface area contributed by atoms with Gasteiger partial charge in [0, 0.05) is 12.1 Å². The quantitative estimate of drug-likeness (QED) is 0.367. The summed E-state index contributed by atoms with van der Waals surface area (Å²) in [6.07, 6.45) is 0. The Morgan fingerprint density at radius 2 is 1.38 bits per heavy atom. The van der Waals surface area contributed by atoms with Crippen molar-refractivity contribution in [1.82, 2.24) is 0 Å². The Bertz CT molecular complexity index is 923. The van der Waals surface area contributed by atoms with Crippen LogP contribution in [0.15, 0.2) is 71.1 Å². The molecule has 0 aliphatic rings. The monoisotopic (exact) mass is 356 g/mol. The SMILES string of the molecule is O=S(=O)([O-])C(F)(F)F.c1ccc(-c2ccc3ccccc3[o+]2)cc1. The summed E-state index contributed by atoms with van der Waals surface area (Å²) >= 11 is 0. The fourth-order valence-corrected chi connectivity index (χ4v) is 1.79. The zero-order valence-corrected chi connectivity index (χ0v) is 12.8. The minimum Gasteiger partial charge on any atom is -0.741 e. The van der Waals surface area contributed by atoms with Crippen LogP contribution >= 0.6 is 0 Å². The standard InChI is InChI=1S/C15H11O.CHF3O3S/c1-2-6-12(7-3-1)15-11-10-13-8-4-5-9-14(13)16-15;2-1(3,4)8(5,6)7/h1-11H;(H,5,6,7)/q+1;/p-1. The molecule has 0 bridgehead atoms. The van der Waals surface area contributed by atoms with E-state index in [2.05, 4.69) is 6.07 Å². The van der Waals surface area contributed by atoms with E-state index in [0.29, 0.717) is 0 Å². The third kappa shape index (κ3) is 4.53. The molecular formula is C16H11F3O4S. The first-order chi connectivity index (χ1) is 11.2. The molecule has 2 aromatic carbocycles. The zero-order chi connectivity index (χ0) is 17.8. The number of rotatable bonds is 1. The van der Waals surface area contributed by atoms with Crippen molar-refractivity contribution in [2.75, 3.05) is 0 Å². The molecule has 8 heteroatoms.